The second kappa shape index (κ2) is 8.21. The number of esters is 2. The van der Waals surface area contributed by atoms with Crippen LogP contribution in [0.1, 0.15) is 25.5 Å². The van der Waals surface area contributed by atoms with Crippen LogP contribution in [0.2, 0.25) is 0 Å². The van der Waals surface area contributed by atoms with E-state index in [1.54, 1.807) is 57.4 Å². The molecule has 1 atom stereocenters. The van der Waals surface area contributed by atoms with Crippen molar-refractivity contribution in [2.24, 2.45) is 0 Å². The van der Waals surface area contributed by atoms with E-state index in [4.69, 9.17) is 18.9 Å². The number of methoxy groups -OCH3 is 1. The van der Waals surface area contributed by atoms with Crippen molar-refractivity contribution < 1.29 is 28.5 Å². The lowest BCUT2D eigenvalue weighted by atomic mass is 9.86. The first-order valence-electron chi connectivity index (χ1n) is 9.09. The minimum absolute atomic E-state index is 0.0975. The van der Waals surface area contributed by atoms with Crippen molar-refractivity contribution in [3.63, 3.8) is 0 Å². The normalized spacial score (nSPS) is 16.8. The van der Waals surface area contributed by atoms with Gasteiger partial charge in [-0.25, -0.2) is 9.59 Å². The summed E-state index contributed by atoms with van der Waals surface area (Å²) in [5.41, 5.74) is -0.710. The molecule has 1 heterocycles. The fourth-order valence-corrected chi connectivity index (χ4v) is 3.16. The molecule has 1 aliphatic heterocycles. The molecule has 0 aliphatic carbocycles. The van der Waals surface area contributed by atoms with Crippen molar-refractivity contribution in [2.45, 2.75) is 25.5 Å². The lowest BCUT2D eigenvalue weighted by Gasteiger charge is -2.41. The van der Waals surface area contributed by atoms with Gasteiger partial charge < -0.3 is 24.3 Å². The average Bonchev–Trinajstić information content (AvgIpc) is 2.73. The molecule has 0 aromatic heterocycles. The highest BCUT2D eigenvalue weighted by Gasteiger charge is 2.61. The van der Waals surface area contributed by atoms with Crippen molar-refractivity contribution in [1.82, 2.24) is 0 Å². The number of benzene rings is 2. The summed E-state index contributed by atoms with van der Waals surface area (Å²) < 4.78 is 21.7. The zero-order valence-corrected chi connectivity index (χ0v) is 16.1. The van der Waals surface area contributed by atoms with Crippen LogP contribution in [0.5, 0.6) is 11.5 Å². The molecule has 0 saturated carbocycles. The third-order valence-corrected chi connectivity index (χ3v) is 4.47. The Kier molecular flexibility index (Phi) is 5.73. The number of hydrogen-bond acceptors (Lipinski definition) is 7. The molecule has 2 aromatic rings. The molecule has 0 radical (unpaired) electrons. The molecular formula is C21H23NO6. The van der Waals surface area contributed by atoms with E-state index in [0.29, 0.717) is 22.7 Å². The zero-order valence-electron chi connectivity index (χ0n) is 16.1. The highest BCUT2D eigenvalue weighted by atomic mass is 16.6. The summed E-state index contributed by atoms with van der Waals surface area (Å²) in [6, 6.07) is 13.3. The third kappa shape index (κ3) is 3.35. The van der Waals surface area contributed by atoms with E-state index < -0.39 is 23.6 Å². The fraction of sp³-hybridized carbons (Fsp3) is 0.333. The van der Waals surface area contributed by atoms with Crippen molar-refractivity contribution in [3.05, 3.63) is 54.1 Å². The number of rotatable bonds is 6. The first kappa shape index (κ1) is 19.5. The summed E-state index contributed by atoms with van der Waals surface area (Å²) >= 11 is 0. The average molecular weight is 385 g/mol. The van der Waals surface area contributed by atoms with E-state index in [1.165, 1.54) is 0 Å². The number of ether oxygens (including phenoxy) is 4. The summed E-state index contributed by atoms with van der Waals surface area (Å²) in [5, 5.41) is 3.25. The van der Waals surface area contributed by atoms with Crippen molar-refractivity contribution in [3.8, 4) is 11.5 Å². The first-order chi connectivity index (χ1) is 13.6. The Bertz CT molecular complexity index is 830. The lowest BCUT2D eigenvalue weighted by Crippen LogP contribution is -2.61. The quantitative estimate of drug-likeness (QED) is 0.604. The molecule has 0 bridgehead atoms. The smallest absolute Gasteiger partial charge is 0.365 e. The van der Waals surface area contributed by atoms with Crippen LogP contribution >= 0.6 is 0 Å². The van der Waals surface area contributed by atoms with E-state index in [0.717, 1.165) is 0 Å². The van der Waals surface area contributed by atoms with Crippen molar-refractivity contribution >= 4 is 17.6 Å². The van der Waals surface area contributed by atoms with Crippen LogP contribution < -0.4 is 14.8 Å². The van der Waals surface area contributed by atoms with Crippen molar-refractivity contribution in [2.75, 3.05) is 25.6 Å². The van der Waals surface area contributed by atoms with Crippen LogP contribution in [0.25, 0.3) is 0 Å². The molecule has 148 valence electrons. The van der Waals surface area contributed by atoms with Gasteiger partial charge in [-0.05, 0) is 43.7 Å². The monoisotopic (exact) mass is 385 g/mol. The largest absolute Gasteiger partial charge is 0.497 e. The second-order valence-electron chi connectivity index (χ2n) is 6.13. The maximum absolute atomic E-state index is 13.0. The van der Waals surface area contributed by atoms with Gasteiger partial charge in [0.05, 0.1) is 26.0 Å². The Morgan fingerprint density at radius 1 is 1.00 bits per heavy atom. The first-order valence-corrected chi connectivity index (χ1v) is 9.09. The van der Waals surface area contributed by atoms with Gasteiger partial charge in [-0.3, -0.25) is 0 Å². The van der Waals surface area contributed by atoms with Crippen LogP contribution in [-0.2, 0) is 19.1 Å². The summed E-state index contributed by atoms with van der Waals surface area (Å²) in [7, 11) is 1.56. The third-order valence-electron chi connectivity index (χ3n) is 4.47. The van der Waals surface area contributed by atoms with Gasteiger partial charge in [0.2, 0.25) is 0 Å². The summed E-state index contributed by atoms with van der Waals surface area (Å²) in [4.78, 5) is 26.1. The molecular weight excluding hydrogens is 362 g/mol. The Balaban J connectivity index is 2.17. The topological polar surface area (TPSA) is 83.1 Å². The molecule has 0 unspecified atom stereocenters. The molecule has 7 heteroatoms. The van der Waals surface area contributed by atoms with E-state index in [-0.39, 0.29) is 13.2 Å². The number of fused-ring (bicyclic) bond motifs is 1. The Hall–Kier alpha value is -3.22. The van der Waals surface area contributed by atoms with Gasteiger partial charge in [-0.1, -0.05) is 24.3 Å². The molecule has 0 saturated heterocycles. The maximum Gasteiger partial charge on any atom is 0.365 e. The van der Waals surface area contributed by atoms with Gasteiger partial charge in [-0.15, -0.1) is 0 Å². The summed E-state index contributed by atoms with van der Waals surface area (Å²) in [6.07, 6.45) is 0. The number of anilines is 1. The maximum atomic E-state index is 13.0. The number of nitrogens with one attached hydrogen (secondary N) is 1. The second-order valence-corrected chi connectivity index (χ2v) is 6.13. The minimum atomic E-state index is -2.02. The molecule has 1 aliphatic rings. The van der Waals surface area contributed by atoms with Gasteiger partial charge in [0.25, 0.3) is 0 Å². The molecule has 2 aromatic carbocycles. The minimum Gasteiger partial charge on any atom is -0.497 e. The summed E-state index contributed by atoms with van der Waals surface area (Å²) in [6.45, 7) is 3.54. The molecule has 0 amide bonds. The predicted octanol–water partition coefficient (Wildman–Crippen LogP) is 3.11. The SMILES string of the molecule is CCOC(=O)C1(C(=O)OCC)Oc2ccccc2N[C@@H]1c1ccc(OC)cc1. The fourth-order valence-electron chi connectivity index (χ4n) is 3.16. The lowest BCUT2D eigenvalue weighted by molar-refractivity contribution is -0.182. The molecule has 3 rings (SSSR count). The van der Waals surface area contributed by atoms with Gasteiger partial charge in [0.1, 0.15) is 17.5 Å². The highest BCUT2D eigenvalue weighted by molar-refractivity contribution is 6.06. The van der Waals surface area contributed by atoms with Gasteiger partial charge in [0, 0.05) is 0 Å². The molecule has 28 heavy (non-hydrogen) atoms. The van der Waals surface area contributed by atoms with Gasteiger partial charge in [-0.2, -0.15) is 0 Å². The van der Waals surface area contributed by atoms with Crippen molar-refractivity contribution in [1.29, 1.82) is 0 Å². The van der Waals surface area contributed by atoms with Crippen LogP contribution in [0.4, 0.5) is 5.69 Å². The van der Waals surface area contributed by atoms with Gasteiger partial charge in [0.15, 0.2) is 0 Å². The number of hydrogen-bond donors (Lipinski definition) is 1. The van der Waals surface area contributed by atoms with Crippen LogP contribution in [0.15, 0.2) is 48.5 Å². The van der Waals surface area contributed by atoms with Crippen LogP contribution in [0.3, 0.4) is 0 Å². The Morgan fingerprint density at radius 3 is 2.18 bits per heavy atom. The predicted molar refractivity (Wildman–Crippen MR) is 102 cm³/mol. The Labute approximate surface area is 163 Å². The zero-order chi connectivity index (χ0) is 20.1. The molecule has 7 nitrogen and oxygen atoms in total. The van der Waals surface area contributed by atoms with Gasteiger partial charge >= 0.3 is 17.5 Å². The Morgan fingerprint density at radius 2 is 1.61 bits per heavy atom. The molecule has 0 spiro atoms. The van der Waals surface area contributed by atoms with E-state index in [1.807, 2.05) is 12.1 Å². The molecule has 1 N–H and O–H groups in total. The van der Waals surface area contributed by atoms with E-state index in [9.17, 15) is 9.59 Å². The number of para-hydroxylation sites is 2. The van der Waals surface area contributed by atoms with E-state index >= 15 is 0 Å². The van der Waals surface area contributed by atoms with E-state index in [2.05, 4.69) is 5.32 Å². The standard InChI is InChI=1S/C21H23NO6/c1-4-26-19(23)21(20(24)27-5-2)18(14-10-12-15(25-3)13-11-14)22-16-8-6-7-9-17(16)28-21/h6-13,18,22H,4-5H2,1-3H3/t18-/m1/s1. The highest BCUT2D eigenvalue weighted by Crippen LogP contribution is 2.44. The van der Waals surface area contributed by atoms with Crippen LogP contribution in [-0.4, -0.2) is 37.9 Å². The summed E-state index contributed by atoms with van der Waals surface area (Å²) in [5.74, 6) is -0.598. The molecule has 0 fully saturated rings. The van der Waals surface area contributed by atoms with Crippen LogP contribution in [0, 0.1) is 0 Å². The number of carbonyl (C=O) groups is 2. The number of carbonyl (C=O) groups excluding carboxylic acids is 2.